The number of nitrogens with zero attached hydrogens (tertiary/aromatic N) is 1. The molecule has 0 radical (unpaired) electrons. The molecule has 18 heavy (non-hydrogen) atoms. The summed E-state index contributed by atoms with van der Waals surface area (Å²) >= 11 is 0. The number of aromatic nitrogens is 1. The molecule has 0 saturated heterocycles. The Hall–Kier alpha value is -1.88. The van der Waals surface area contributed by atoms with Crippen LogP contribution in [0.2, 0.25) is 0 Å². The predicted octanol–water partition coefficient (Wildman–Crippen LogP) is 2.25. The first-order valence-corrected chi connectivity index (χ1v) is 5.83. The van der Waals surface area contributed by atoms with Crippen LogP contribution in [-0.4, -0.2) is 16.1 Å². The Morgan fingerprint density at radius 2 is 2.28 bits per heavy atom. The minimum Gasteiger partial charge on any atom is -0.481 e. The Bertz CT molecular complexity index is 577. The van der Waals surface area contributed by atoms with Crippen molar-refractivity contribution in [3.05, 3.63) is 29.7 Å². The second-order valence-electron chi connectivity index (χ2n) is 4.54. The van der Waals surface area contributed by atoms with Crippen LogP contribution in [-0.2, 0) is 4.79 Å². The first kappa shape index (κ1) is 12.6. The SMILES string of the molecule is Cc1nc2cc(C(N)CC(C)C(=O)O)ccc2o1. The topological polar surface area (TPSA) is 89.3 Å². The van der Waals surface area contributed by atoms with E-state index in [0.29, 0.717) is 12.3 Å². The van der Waals surface area contributed by atoms with Crippen LogP contribution in [0.5, 0.6) is 0 Å². The molecule has 2 atom stereocenters. The van der Waals surface area contributed by atoms with Gasteiger partial charge in [-0.25, -0.2) is 4.98 Å². The van der Waals surface area contributed by atoms with Crippen LogP contribution < -0.4 is 5.73 Å². The highest BCUT2D eigenvalue weighted by Gasteiger charge is 2.17. The molecule has 1 aromatic carbocycles. The summed E-state index contributed by atoms with van der Waals surface area (Å²) in [6.07, 6.45) is 0.400. The summed E-state index contributed by atoms with van der Waals surface area (Å²) in [4.78, 5) is 15.0. The lowest BCUT2D eigenvalue weighted by molar-refractivity contribution is -0.141. The number of fused-ring (bicyclic) bond motifs is 1. The number of rotatable bonds is 4. The van der Waals surface area contributed by atoms with Gasteiger partial charge in [0, 0.05) is 13.0 Å². The average molecular weight is 248 g/mol. The van der Waals surface area contributed by atoms with Gasteiger partial charge < -0.3 is 15.3 Å². The zero-order valence-electron chi connectivity index (χ0n) is 10.4. The van der Waals surface area contributed by atoms with E-state index < -0.39 is 11.9 Å². The third-order valence-corrected chi connectivity index (χ3v) is 2.98. The Morgan fingerprint density at radius 1 is 1.56 bits per heavy atom. The molecule has 0 aliphatic carbocycles. The number of hydrogen-bond donors (Lipinski definition) is 2. The average Bonchev–Trinajstić information content (AvgIpc) is 2.67. The van der Waals surface area contributed by atoms with Crippen molar-refractivity contribution in [3.8, 4) is 0 Å². The molecule has 2 rings (SSSR count). The van der Waals surface area contributed by atoms with Gasteiger partial charge in [-0.1, -0.05) is 13.0 Å². The smallest absolute Gasteiger partial charge is 0.306 e. The van der Waals surface area contributed by atoms with Crippen molar-refractivity contribution in [2.45, 2.75) is 26.3 Å². The van der Waals surface area contributed by atoms with E-state index in [0.717, 1.165) is 16.7 Å². The highest BCUT2D eigenvalue weighted by molar-refractivity contribution is 5.73. The Balaban J connectivity index is 2.22. The molecule has 0 aliphatic rings. The molecular weight excluding hydrogens is 232 g/mol. The molecule has 3 N–H and O–H groups in total. The number of aliphatic carboxylic acids is 1. The van der Waals surface area contributed by atoms with Gasteiger partial charge in [-0.3, -0.25) is 4.79 Å². The standard InChI is InChI=1S/C13H16N2O3/c1-7(13(16)17)5-10(14)9-3-4-12-11(6-9)15-8(2)18-12/h3-4,6-7,10H,5,14H2,1-2H3,(H,16,17). The van der Waals surface area contributed by atoms with Crippen LogP contribution in [0.3, 0.4) is 0 Å². The van der Waals surface area contributed by atoms with Crippen LogP contribution in [0, 0.1) is 12.8 Å². The van der Waals surface area contributed by atoms with Crippen LogP contribution in [0.15, 0.2) is 22.6 Å². The highest BCUT2D eigenvalue weighted by atomic mass is 16.4. The van der Waals surface area contributed by atoms with Crippen molar-refractivity contribution in [1.82, 2.24) is 4.98 Å². The van der Waals surface area contributed by atoms with E-state index in [9.17, 15) is 4.79 Å². The van der Waals surface area contributed by atoms with E-state index in [2.05, 4.69) is 4.98 Å². The fourth-order valence-corrected chi connectivity index (χ4v) is 1.91. The number of nitrogens with two attached hydrogens (primary N) is 1. The minimum atomic E-state index is -0.830. The summed E-state index contributed by atoms with van der Waals surface area (Å²) in [6, 6.07) is 5.21. The molecule has 1 aromatic heterocycles. The monoisotopic (exact) mass is 248 g/mol. The molecule has 5 nitrogen and oxygen atoms in total. The van der Waals surface area contributed by atoms with E-state index in [1.807, 2.05) is 18.2 Å². The normalized spacial score (nSPS) is 14.6. The summed E-state index contributed by atoms with van der Waals surface area (Å²) in [5.74, 6) is -0.687. The van der Waals surface area contributed by atoms with Crippen molar-refractivity contribution in [3.63, 3.8) is 0 Å². The molecule has 96 valence electrons. The van der Waals surface area contributed by atoms with Gasteiger partial charge in [0.15, 0.2) is 11.5 Å². The Kier molecular flexibility index (Phi) is 3.34. The van der Waals surface area contributed by atoms with Crippen LogP contribution >= 0.6 is 0 Å². The third kappa shape index (κ3) is 2.51. The molecule has 0 amide bonds. The number of hydrogen-bond acceptors (Lipinski definition) is 4. The Morgan fingerprint density at radius 3 is 2.94 bits per heavy atom. The Labute approximate surface area is 105 Å². The first-order valence-electron chi connectivity index (χ1n) is 5.83. The third-order valence-electron chi connectivity index (χ3n) is 2.98. The largest absolute Gasteiger partial charge is 0.481 e. The van der Waals surface area contributed by atoms with Crippen molar-refractivity contribution >= 4 is 17.1 Å². The lowest BCUT2D eigenvalue weighted by Gasteiger charge is -2.14. The number of oxazole rings is 1. The van der Waals surface area contributed by atoms with Crippen molar-refractivity contribution < 1.29 is 14.3 Å². The molecule has 2 aromatic rings. The fraction of sp³-hybridized carbons (Fsp3) is 0.385. The second kappa shape index (κ2) is 4.78. The van der Waals surface area contributed by atoms with Crippen molar-refractivity contribution in [2.24, 2.45) is 11.7 Å². The van der Waals surface area contributed by atoms with Gasteiger partial charge in [-0.2, -0.15) is 0 Å². The van der Waals surface area contributed by atoms with Crippen molar-refractivity contribution in [2.75, 3.05) is 0 Å². The van der Waals surface area contributed by atoms with Gasteiger partial charge in [0.25, 0.3) is 0 Å². The lowest BCUT2D eigenvalue weighted by atomic mass is 9.96. The number of carboxylic acid groups (broad SMARTS) is 1. The molecule has 2 unspecified atom stereocenters. The first-order chi connectivity index (χ1) is 8.47. The molecule has 0 spiro atoms. The van der Waals surface area contributed by atoms with Gasteiger partial charge in [0.05, 0.1) is 5.92 Å². The lowest BCUT2D eigenvalue weighted by Crippen LogP contribution is -2.19. The van der Waals surface area contributed by atoms with Gasteiger partial charge >= 0.3 is 5.97 Å². The molecule has 0 aliphatic heterocycles. The summed E-state index contributed by atoms with van der Waals surface area (Å²) < 4.78 is 5.38. The molecule has 0 fully saturated rings. The van der Waals surface area contributed by atoms with E-state index >= 15 is 0 Å². The quantitative estimate of drug-likeness (QED) is 0.866. The number of carbonyl (C=O) groups is 1. The maximum atomic E-state index is 10.8. The number of benzene rings is 1. The highest BCUT2D eigenvalue weighted by Crippen LogP contribution is 2.23. The number of aryl methyl sites for hydroxylation is 1. The van der Waals surface area contributed by atoms with Gasteiger partial charge in [-0.15, -0.1) is 0 Å². The van der Waals surface area contributed by atoms with E-state index in [-0.39, 0.29) is 6.04 Å². The molecule has 0 bridgehead atoms. The maximum Gasteiger partial charge on any atom is 0.306 e. The summed E-state index contributed by atoms with van der Waals surface area (Å²) in [5.41, 5.74) is 8.36. The van der Waals surface area contributed by atoms with Gasteiger partial charge in [-0.05, 0) is 24.1 Å². The predicted molar refractivity (Wildman–Crippen MR) is 67.1 cm³/mol. The molecule has 5 heteroatoms. The molecular formula is C13H16N2O3. The molecule has 1 heterocycles. The second-order valence-corrected chi connectivity index (χ2v) is 4.54. The van der Waals surface area contributed by atoms with Crippen LogP contribution in [0.4, 0.5) is 0 Å². The number of carboxylic acids is 1. The fourth-order valence-electron chi connectivity index (χ4n) is 1.91. The minimum absolute atomic E-state index is 0.308. The molecule has 0 saturated carbocycles. The van der Waals surface area contributed by atoms with Crippen LogP contribution in [0.1, 0.15) is 30.8 Å². The summed E-state index contributed by atoms with van der Waals surface area (Å²) in [5, 5.41) is 8.87. The summed E-state index contributed by atoms with van der Waals surface area (Å²) in [6.45, 7) is 3.44. The van der Waals surface area contributed by atoms with Crippen molar-refractivity contribution in [1.29, 1.82) is 0 Å². The van der Waals surface area contributed by atoms with Crippen LogP contribution in [0.25, 0.3) is 11.1 Å². The van der Waals surface area contributed by atoms with Gasteiger partial charge in [0.1, 0.15) is 5.52 Å². The van der Waals surface area contributed by atoms with E-state index in [1.165, 1.54) is 0 Å². The summed E-state index contributed by atoms with van der Waals surface area (Å²) in [7, 11) is 0. The van der Waals surface area contributed by atoms with E-state index in [4.69, 9.17) is 15.3 Å². The maximum absolute atomic E-state index is 10.8. The zero-order chi connectivity index (χ0) is 13.3. The van der Waals surface area contributed by atoms with Gasteiger partial charge in [0.2, 0.25) is 0 Å². The zero-order valence-corrected chi connectivity index (χ0v) is 10.4. The van der Waals surface area contributed by atoms with E-state index in [1.54, 1.807) is 13.8 Å².